The summed E-state index contributed by atoms with van der Waals surface area (Å²) < 4.78 is 41.6. The van der Waals surface area contributed by atoms with Crippen molar-refractivity contribution in [2.45, 2.75) is 19.6 Å². The molecule has 0 atom stereocenters. The average molecular weight is 263 g/mol. The molecule has 0 radical (unpaired) electrons. The average Bonchev–Trinajstić information content (AvgIpc) is 2.86. The van der Waals surface area contributed by atoms with Crippen molar-refractivity contribution in [3.8, 4) is 0 Å². The van der Waals surface area contributed by atoms with Crippen molar-refractivity contribution in [2.24, 2.45) is 0 Å². The highest BCUT2D eigenvalue weighted by molar-refractivity contribution is 7.09. The van der Waals surface area contributed by atoms with Gasteiger partial charge in [0.25, 0.3) is 0 Å². The molecule has 0 spiro atoms. The minimum Gasteiger partial charge on any atom is -0.328 e. The lowest BCUT2D eigenvalue weighted by molar-refractivity contribution is -0.144. The fourth-order valence-electron chi connectivity index (χ4n) is 1.11. The molecule has 2 heterocycles. The lowest BCUT2D eigenvalue weighted by atomic mass is 10.6. The summed E-state index contributed by atoms with van der Waals surface area (Å²) in [6.07, 6.45) is -1.32. The standard InChI is InChI=1S/C8H8F3N5S/c1-2-16-4-5(3-12-16)13-7-14-6(15-17-7)8(9,10)11/h3-4H,2H2,1H3,(H,13,14,15). The second-order valence-electron chi connectivity index (χ2n) is 3.13. The Morgan fingerprint density at radius 1 is 1.47 bits per heavy atom. The Hall–Kier alpha value is -1.64. The molecule has 2 aromatic rings. The molecule has 2 aromatic heterocycles. The van der Waals surface area contributed by atoms with Crippen LogP contribution in [0.1, 0.15) is 12.7 Å². The van der Waals surface area contributed by atoms with Gasteiger partial charge in [-0.2, -0.15) is 27.6 Å². The van der Waals surface area contributed by atoms with E-state index >= 15 is 0 Å². The van der Waals surface area contributed by atoms with Crippen molar-refractivity contribution >= 4 is 22.4 Å². The van der Waals surface area contributed by atoms with Gasteiger partial charge in [-0.15, -0.1) is 0 Å². The molecule has 9 heteroatoms. The lowest BCUT2D eigenvalue weighted by Gasteiger charge is -1.98. The number of aromatic nitrogens is 4. The first-order valence-electron chi connectivity index (χ1n) is 4.69. The largest absolute Gasteiger partial charge is 0.452 e. The highest BCUT2D eigenvalue weighted by atomic mass is 32.1. The summed E-state index contributed by atoms with van der Waals surface area (Å²) in [5, 5.41) is 6.78. The molecule has 0 saturated carbocycles. The molecule has 0 aliphatic carbocycles. The van der Waals surface area contributed by atoms with Crippen molar-refractivity contribution in [3.05, 3.63) is 18.2 Å². The minimum atomic E-state index is -4.51. The van der Waals surface area contributed by atoms with Crippen LogP contribution in [0.4, 0.5) is 24.0 Å². The number of rotatable bonds is 3. The Labute approximate surface area is 98.5 Å². The Kier molecular flexibility index (Phi) is 3.01. The van der Waals surface area contributed by atoms with Gasteiger partial charge < -0.3 is 5.32 Å². The van der Waals surface area contributed by atoms with Crippen LogP contribution in [0.3, 0.4) is 0 Å². The van der Waals surface area contributed by atoms with Crippen molar-refractivity contribution in [1.82, 2.24) is 19.1 Å². The second kappa shape index (κ2) is 4.32. The van der Waals surface area contributed by atoms with Crippen LogP contribution in [0, 0.1) is 0 Å². The fraction of sp³-hybridized carbons (Fsp3) is 0.375. The molecule has 0 bridgehead atoms. The first-order chi connectivity index (χ1) is 7.99. The molecule has 0 aromatic carbocycles. The zero-order chi connectivity index (χ0) is 12.5. The van der Waals surface area contributed by atoms with Crippen LogP contribution in [-0.4, -0.2) is 19.1 Å². The summed E-state index contributed by atoms with van der Waals surface area (Å²) in [7, 11) is 0. The van der Waals surface area contributed by atoms with Gasteiger partial charge in [0.15, 0.2) is 0 Å². The third-order valence-electron chi connectivity index (χ3n) is 1.89. The van der Waals surface area contributed by atoms with E-state index in [2.05, 4.69) is 19.8 Å². The van der Waals surface area contributed by atoms with E-state index in [0.717, 1.165) is 0 Å². The number of aryl methyl sites for hydroxylation is 1. The summed E-state index contributed by atoms with van der Waals surface area (Å²) in [6.45, 7) is 2.59. The lowest BCUT2D eigenvalue weighted by Crippen LogP contribution is -2.07. The summed E-state index contributed by atoms with van der Waals surface area (Å²) in [5.41, 5.74) is 0.580. The summed E-state index contributed by atoms with van der Waals surface area (Å²) >= 11 is 0.659. The van der Waals surface area contributed by atoms with Gasteiger partial charge in [-0.05, 0) is 6.92 Å². The third kappa shape index (κ3) is 2.73. The SMILES string of the molecule is CCn1cc(Nc2nc(C(F)(F)F)ns2)cn1. The van der Waals surface area contributed by atoms with Crippen LogP contribution < -0.4 is 5.32 Å². The molecular weight excluding hydrogens is 255 g/mol. The zero-order valence-electron chi connectivity index (χ0n) is 8.69. The molecular formula is C8H8F3N5S. The number of alkyl halides is 3. The number of nitrogens with zero attached hydrogens (tertiary/aromatic N) is 4. The van der Waals surface area contributed by atoms with E-state index in [1.165, 1.54) is 6.20 Å². The van der Waals surface area contributed by atoms with Gasteiger partial charge in [-0.1, -0.05) is 0 Å². The van der Waals surface area contributed by atoms with E-state index in [1.54, 1.807) is 10.9 Å². The van der Waals surface area contributed by atoms with Crippen LogP contribution in [0.2, 0.25) is 0 Å². The Bertz CT molecular complexity index is 503. The monoisotopic (exact) mass is 263 g/mol. The van der Waals surface area contributed by atoms with Gasteiger partial charge in [0.2, 0.25) is 11.0 Å². The van der Waals surface area contributed by atoms with Crippen LogP contribution >= 0.6 is 11.5 Å². The Morgan fingerprint density at radius 2 is 2.24 bits per heavy atom. The van der Waals surface area contributed by atoms with E-state index < -0.39 is 12.0 Å². The number of anilines is 2. The third-order valence-corrected chi connectivity index (χ3v) is 2.52. The summed E-state index contributed by atoms with van der Waals surface area (Å²) in [4.78, 5) is 3.35. The maximum atomic E-state index is 12.2. The minimum absolute atomic E-state index is 0.0907. The maximum absolute atomic E-state index is 12.2. The Morgan fingerprint density at radius 3 is 2.76 bits per heavy atom. The van der Waals surface area contributed by atoms with E-state index in [0.29, 0.717) is 23.8 Å². The molecule has 0 aliphatic heterocycles. The van der Waals surface area contributed by atoms with E-state index in [1.807, 2.05) is 6.92 Å². The molecule has 0 unspecified atom stereocenters. The topological polar surface area (TPSA) is 55.6 Å². The van der Waals surface area contributed by atoms with Gasteiger partial charge in [-0.3, -0.25) is 4.68 Å². The smallest absolute Gasteiger partial charge is 0.328 e. The van der Waals surface area contributed by atoms with Crippen LogP contribution in [-0.2, 0) is 12.7 Å². The van der Waals surface area contributed by atoms with Crippen LogP contribution in [0.25, 0.3) is 0 Å². The molecule has 0 amide bonds. The van der Waals surface area contributed by atoms with Crippen LogP contribution in [0.15, 0.2) is 12.4 Å². The molecule has 0 fully saturated rings. The van der Waals surface area contributed by atoms with Crippen molar-refractivity contribution in [2.75, 3.05) is 5.32 Å². The first-order valence-corrected chi connectivity index (χ1v) is 5.46. The summed E-state index contributed by atoms with van der Waals surface area (Å²) in [5.74, 6) is -1.13. The summed E-state index contributed by atoms with van der Waals surface area (Å²) in [6, 6.07) is 0. The zero-order valence-corrected chi connectivity index (χ0v) is 9.51. The number of hydrogen-bond acceptors (Lipinski definition) is 5. The number of nitrogens with one attached hydrogen (secondary N) is 1. The number of halogens is 3. The quantitative estimate of drug-likeness (QED) is 0.924. The molecule has 1 N–H and O–H groups in total. The molecule has 17 heavy (non-hydrogen) atoms. The van der Waals surface area contributed by atoms with E-state index in [4.69, 9.17) is 0 Å². The predicted octanol–water partition coefficient (Wildman–Crippen LogP) is 2.52. The maximum Gasteiger partial charge on any atom is 0.452 e. The molecule has 2 rings (SSSR count). The van der Waals surface area contributed by atoms with Gasteiger partial charge in [0, 0.05) is 24.3 Å². The Balaban J connectivity index is 2.11. The second-order valence-corrected chi connectivity index (χ2v) is 3.88. The first kappa shape index (κ1) is 11.8. The highest BCUT2D eigenvalue weighted by Gasteiger charge is 2.36. The normalized spacial score (nSPS) is 11.8. The van der Waals surface area contributed by atoms with Crippen molar-refractivity contribution in [3.63, 3.8) is 0 Å². The highest BCUT2D eigenvalue weighted by Crippen LogP contribution is 2.29. The predicted molar refractivity (Wildman–Crippen MR) is 56.1 cm³/mol. The number of hydrogen-bond donors (Lipinski definition) is 1. The molecule has 0 saturated heterocycles. The van der Waals surface area contributed by atoms with Gasteiger partial charge >= 0.3 is 6.18 Å². The fourth-order valence-corrected chi connectivity index (χ4v) is 1.72. The van der Waals surface area contributed by atoms with E-state index in [9.17, 15) is 13.2 Å². The van der Waals surface area contributed by atoms with Gasteiger partial charge in [0.1, 0.15) is 0 Å². The van der Waals surface area contributed by atoms with Crippen LogP contribution in [0.5, 0.6) is 0 Å². The van der Waals surface area contributed by atoms with Gasteiger partial charge in [-0.25, -0.2) is 0 Å². The van der Waals surface area contributed by atoms with E-state index in [-0.39, 0.29) is 5.13 Å². The van der Waals surface area contributed by atoms with Crippen molar-refractivity contribution < 1.29 is 13.2 Å². The molecule has 0 aliphatic rings. The molecule has 92 valence electrons. The molecule has 5 nitrogen and oxygen atoms in total. The van der Waals surface area contributed by atoms with Crippen molar-refractivity contribution in [1.29, 1.82) is 0 Å². The van der Waals surface area contributed by atoms with Gasteiger partial charge in [0.05, 0.1) is 11.9 Å².